The van der Waals surface area contributed by atoms with Gasteiger partial charge in [-0.2, -0.15) is 0 Å². The van der Waals surface area contributed by atoms with Crippen molar-refractivity contribution in [1.29, 1.82) is 0 Å². The van der Waals surface area contributed by atoms with Crippen molar-refractivity contribution in [3.8, 4) is 0 Å². The second-order valence-corrected chi connectivity index (χ2v) is 3.98. The maximum Gasteiger partial charge on any atom is 0.0480 e. The third-order valence-electron chi connectivity index (χ3n) is 2.70. The van der Waals surface area contributed by atoms with E-state index in [0.29, 0.717) is 0 Å². The molecule has 1 aromatic carbocycles. The third kappa shape index (κ3) is 1.32. The molecule has 2 heteroatoms. The van der Waals surface area contributed by atoms with Crippen molar-refractivity contribution in [3.05, 3.63) is 35.5 Å². The lowest BCUT2D eigenvalue weighted by atomic mass is 10.2. The fourth-order valence-electron chi connectivity index (χ4n) is 1.93. The van der Waals surface area contributed by atoms with E-state index in [2.05, 4.69) is 42.8 Å². The Balaban J connectivity index is 2.73. The molecule has 2 nitrogen and oxygen atoms in total. The van der Waals surface area contributed by atoms with Gasteiger partial charge in [0, 0.05) is 29.7 Å². The molecule has 1 aromatic heterocycles. The Kier molecular flexibility index (Phi) is 2.08. The summed E-state index contributed by atoms with van der Waals surface area (Å²) in [5.74, 6) is 0. The van der Waals surface area contributed by atoms with E-state index in [1.807, 2.05) is 6.92 Å². The van der Waals surface area contributed by atoms with Gasteiger partial charge in [-0.25, -0.2) is 0 Å². The highest BCUT2D eigenvalue weighted by Crippen LogP contribution is 2.22. The fraction of sp³-hybridized carbons (Fsp3) is 0.333. The standard InChI is InChI=1S/C12H16N2/c1-8-4-5-11-10(6-8)7-12(9(2)13)14(11)3/h4-7,9H,13H2,1-3H3/t9-/m1/s1. The quantitative estimate of drug-likeness (QED) is 0.732. The smallest absolute Gasteiger partial charge is 0.0480 e. The Morgan fingerprint density at radius 1 is 1.29 bits per heavy atom. The molecule has 2 N–H and O–H groups in total. The molecule has 2 rings (SSSR count). The highest BCUT2D eigenvalue weighted by molar-refractivity contribution is 5.82. The van der Waals surface area contributed by atoms with E-state index in [1.54, 1.807) is 0 Å². The summed E-state index contributed by atoms with van der Waals surface area (Å²) >= 11 is 0. The lowest BCUT2D eigenvalue weighted by molar-refractivity contribution is 0.726. The summed E-state index contributed by atoms with van der Waals surface area (Å²) in [7, 11) is 2.07. The highest BCUT2D eigenvalue weighted by atomic mass is 15.0. The minimum atomic E-state index is 0.0905. The Bertz CT molecular complexity index is 466. The average Bonchev–Trinajstić information content (AvgIpc) is 2.43. The van der Waals surface area contributed by atoms with E-state index in [0.717, 1.165) is 0 Å². The summed E-state index contributed by atoms with van der Waals surface area (Å²) in [5, 5.41) is 1.28. The number of aromatic nitrogens is 1. The molecule has 0 unspecified atom stereocenters. The molecule has 0 radical (unpaired) electrons. The third-order valence-corrected chi connectivity index (χ3v) is 2.70. The van der Waals surface area contributed by atoms with Gasteiger partial charge in [-0.05, 0) is 32.0 Å². The van der Waals surface area contributed by atoms with Crippen LogP contribution in [0.1, 0.15) is 24.2 Å². The molecular formula is C12H16N2. The number of rotatable bonds is 1. The van der Waals surface area contributed by atoms with Gasteiger partial charge in [0.25, 0.3) is 0 Å². The molecule has 0 bridgehead atoms. The van der Waals surface area contributed by atoms with Crippen LogP contribution in [0, 0.1) is 6.92 Å². The molecule has 1 atom stereocenters. The molecule has 0 saturated heterocycles. The summed E-state index contributed by atoms with van der Waals surface area (Å²) in [6.45, 7) is 4.12. The van der Waals surface area contributed by atoms with Crippen LogP contribution >= 0.6 is 0 Å². The predicted octanol–water partition coefficient (Wildman–Crippen LogP) is 2.51. The summed E-state index contributed by atoms with van der Waals surface area (Å²) < 4.78 is 2.17. The molecule has 0 fully saturated rings. The van der Waals surface area contributed by atoms with Crippen LogP contribution in [0.2, 0.25) is 0 Å². The van der Waals surface area contributed by atoms with E-state index < -0.39 is 0 Å². The first-order valence-electron chi connectivity index (χ1n) is 4.91. The molecule has 74 valence electrons. The maximum atomic E-state index is 5.90. The minimum Gasteiger partial charge on any atom is -0.346 e. The lowest BCUT2D eigenvalue weighted by Crippen LogP contribution is -2.09. The second kappa shape index (κ2) is 3.14. The molecule has 0 spiro atoms. The SMILES string of the molecule is Cc1ccc2c(c1)cc([C@@H](C)N)n2C. The number of hydrogen-bond acceptors (Lipinski definition) is 1. The Hall–Kier alpha value is -1.28. The van der Waals surface area contributed by atoms with Crippen molar-refractivity contribution in [3.63, 3.8) is 0 Å². The Morgan fingerprint density at radius 3 is 2.64 bits per heavy atom. The normalized spacial score (nSPS) is 13.4. The van der Waals surface area contributed by atoms with Gasteiger partial charge in [-0.15, -0.1) is 0 Å². The zero-order valence-corrected chi connectivity index (χ0v) is 8.91. The highest BCUT2D eigenvalue weighted by Gasteiger charge is 2.08. The van der Waals surface area contributed by atoms with E-state index in [4.69, 9.17) is 5.73 Å². The van der Waals surface area contributed by atoms with Crippen LogP contribution in [0.15, 0.2) is 24.3 Å². The number of aryl methyl sites for hydroxylation is 2. The van der Waals surface area contributed by atoms with Gasteiger partial charge in [0.2, 0.25) is 0 Å². The number of nitrogens with two attached hydrogens (primary N) is 1. The van der Waals surface area contributed by atoms with Gasteiger partial charge in [0.1, 0.15) is 0 Å². The van der Waals surface area contributed by atoms with Crippen LogP contribution in [0.4, 0.5) is 0 Å². The van der Waals surface area contributed by atoms with Gasteiger partial charge >= 0.3 is 0 Å². The molecule has 0 aliphatic rings. The van der Waals surface area contributed by atoms with E-state index in [-0.39, 0.29) is 6.04 Å². The van der Waals surface area contributed by atoms with Crippen LogP contribution in [0.5, 0.6) is 0 Å². The van der Waals surface area contributed by atoms with Crippen molar-refractivity contribution in [2.45, 2.75) is 19.9 Å². The molecule has 14 heavy (non-hydrogen) atoms. The van der Waals surface area contributed by atoms with Gasteiger partial charge in [-0.1, -0.05) is 11.6 Å². The average molecular weight is 188 g/mol. The van der Waals surface area contributed by atoms with Crippen LogP contribution < -0.4 is 5.73 Å². The summed E-state index contributed by atoms with van der Waals surface area (Å²) in [6.07, 6.45) is 0. The second-order valence-electron chi connectivity index (χ2n) is 3.98. The fourth-order valence-corrected chi connectivity index (χ4v) is 1.93. The summed E-state index contributed by atoms with van der Waals surface area (Å²) in [4.78, 5) is 0. The molecular weight excluding hydrogens is 172 g/mol. The number of hydrogen-bond donors (Lipinski definition) is 1. The Labute approximate surface area is 84.3 Å². The largest absolute Gasteiger partial charge is 0.346 e. The molecule has 0 saturated carbocycles. The molecule has 0 aliphatic heterocycles. The number of nitrogens with zero attached hydrogens (tertiary/aromatic N) is 1. The topological polar surface area (TPSA) is 30.9 Å². The lowest BCUT2D eigenvalue weighted by Gasteiger charge is -2.06. The van der Waals surface area contributed by atoms with Crippen molar-refractivity contribution >= 4 is 10.9 Å². The number of benzene rings is 1. The summed E-state index contributed by atoms with van der Waals surface area (Å²) in [6, 6.07) is 8.74. The zero-order chi connectivity index (χ0) is 10.3. The maximum absolute atomic E-state index is 5.90. The molecule has 2 aromatic rings. The van der Waals surface area contributed by atoms with E-state index in [9.17, 15) is 0 Å². The van der Waals surface area contributed by atoms with Crippen LogP contribution in [-0.2, 0) is 7.05 Å². The zero-order valence-electron chi connectivity index (χ0n) is 8.91. The van der Waals surface area contributed by atoms with Gasteiger partial charge < -0.3 is 10.3 Å². The van der Waals surface area contributed by atoms with E-state index in [1.165, 1.54) is 22.2 Å². The van der Waals surface area contributed by atoms with Crippen LogP contribution in [0.3, 0.4) is 0 Å². The van der Waals surface area contributed by atoms with Crippen molar-refractivity contribution < 1.29 is 0 Å². The van der Waals surface area contributed by atoms with Crippen LogP contribution in [-0.4, -0.2) is 4.57 Å². The Morgan fingerprint density at radius 2 is 2.00 bits per heavy atom. The monoisotopic (exact) mass is 188 g/mol. The molecule has 0 amide bonds. The van der Waals surface area contributed by atoms with Crippen molar-refractivity contribution in [1.82, 2.24) is 4.57 Å². The predicted molar refractivity (Wildman–Crippen MR) is 60.3 cm³/mol. The van der Waals surface area contributed by atoms with Crippen molar-refractivity contribution in [2.75, 3.05) is 0 Å². The van der Waals surface area contributed by atoms with Crippen LogP contribution in [0.25, 0.3) is 10.9 Å². The summed E-state index contributed by atoms with van der Waals surface area (Å²) in [5.41, 5.74) is 9.63. The first kappa shape index (κ1) is 9.28. The first-order valence-corrected chi connectivity index (χ1v) is 4.91. The van der Waals surface area contributed by atoms with Gasteiger partial charge in [-0.3, -0.25) is 0 Å². The first-order chi connectivity index (χ1) is 6.59. The van der Waals surface area contributed by atoms with Gasteiger partial charge in [0.15, 0.2) is 0 Å². The minimum absolute atomic E-state index is 0.0905. The van der Waals surface area contributed by atoms with Gasteiger partial charge in [0.05, 0.1) is 0 Å². The molecule has 1 heterocycles. The number of fused-ring (bicyclic) bond motifs is 1. The molecule has 0 aliphatic carbocycles. The van der Waals surface area contributed by atoms with Crippen molar-refractivity contribution in [2.24, 2.45) is 12.8 Å². The van der Waals surface area contributed by atoms with E-state index >= 15 is 0 Å².